The molecule has 0 saturated carbocycles. The first-order chi connectivity index (χ1) is 19.9. The van der Waals surface area contributed by atoms with Crippen LogP contribution in [0.3, 0.4) is 0 Å². The number of nitrogens with zero attached hydrogens (tertiary/aromatic N) is 3. The van der Waals surface area contributed by atoms with Gasteiger partial charge in [-0.05, 0) is 77.1 Å². The summed E-state index contributed by atoms with van der Waals surface area (Å²) in [7, 11) is 0. The number of halogens is 2. The van der Waals surface area contributed by atoms with E-state index >= 15 is 0 Å². The number of phenolic OH excluding ortho intramolecular Hbond substituents is 1. The molecule has 1 atom stereocenters. The number of carbonyl (C=O) groups excluding carboxylic acids is 1. The number of allylic oxidation sites excluding steroid dienone is 2. The van der Waals surface area contributed by atoms with Gasteiger partial charge < -0.3 is 5.11 Å². The first kappa shape index (κ1) is 26.3. The number of hydrogen-bond acceptors (Lipinski definition) is 5. The van der Waals surface area contributed by atoms with Gasteiger partial charge in [0.1, 0.15) is 29.5 Å². The standard InChI is InChI=1S/C33H26F2N4O2/c34-26-12-20(13-27(35)17-26)11-25(16-29(41)15-23-7-6-21-8-9-28(40)18-31(21)23)32-30(5-2-10-36-32)22-3-1-4-24(14-22)33-37-19-38-39-33/h1-5,7-10,12-14,17-19,25,40H,6,11,15-16H2,(H,37,38,39)/t25-/m1/s1. The summed E-state index contributed by atoms with van der Waals surface area (Å²) in [6.07, 6.45) is 6.36. The van der Waals surface area contributed by atoms with E-state index in [-0.39, 0.29) is 30.8 Å². The average Bonchev–Trinajstić information content (AvgIpc) is 3.63. The van der Waals surface area contributed by atoms with Crippen LogP contribution in [0.4, 0.5) is 8.78 Å². The van der Waals surface area contributed by atoms with Gasteiger partial charge in [-0.2, -0.15) is 5.10 Å². The summed E-state index contributed by atoms with van der Waals surface area (Å²) in [5.41, 5.74) is 6.45. The molecule has 0 aliphatic heterocycles. The van der Waals surface area contributed by atoms with E-state index in [1.807, 2.05) is 48.5 Å². The highest BCUT2D eigenvalue weighted by Gasteiger charge is 2.25. The maximum atomic E-state index is 14.1. The number of rotatable bonds is 9. The van der Waals surface area contributed by atoms with Crippen LogP contribution >= 0.6 is 0 Å². The topological polar surface area (TPSA) is 91.8 Å². The third kappa shape index (κ3) is 5.82. The molecular weight excluding hydrogens is 522 g/mol. The first-order valence-electron chi connectivity index (χ1n) is 13.3. The van der Waals surface area contributed by atoms with Crippen molar-refractivity contribution in [3.05, 3.63) is 125 Å². The van der Waals surface area contributed by atoms with Crippen molar-refractivity contribution in [1.29, 1.82) is 0 Å². The first-order valence-corrected chi connectivity index (χ1v) is 13.3. The summed E-state index contributed by atoms with van der Waals surface area (Å²) in [6, 6.07) is 20.1. The van der Waals surface area contributed by atoms with Crippen molar-refractivity contribution in [1.82, 2.24) is 20.2 Å². The molecule has 3 aromatic carbocycles. The molecule has 1 aliphatic carbocycles. The second-order valence-corrected chi connectivity index (χ2v) is 10.2. The normalized spacial score (nSPS) is 13.1. The number of hydrogen-bond donors (Lipinski definition) is 2. The minimum Gasteiger partial charge on any atom is -0.508 e. The number of phenols is 1. The van der Waals surface area contributed by atoms with Crippen molar-refractivity contribution < 1.29 is 18.7 Å². The van der Waals surface area contributed by atoms with Crippen LogP contribution in [0.1, 0.15) is 41.1 Å². The highest BCUT2D eigenvalue weighted by Crippen LogP contribution is 2.37. The van der Waals surface area contributed by atoms with Crippen molar-refractivity contribution >= 4 is 11.4 Å². The summed E-state index contributed by atoms with van der Waals surface area (Å²) < 4.78 is 28.3. The van der Waals surface area contributed by atoms with E-state index in [0.29, 0.717) is 23.5 Å². The Bertz CT molecular complexity index is 1750. The number of aromatic amines is 1. The fraction of sp³-hybridized carbons (Fsp3) is 0.152. The average molecular weight is 549 g/mol. The third-order valence-corrected chi connectivity index (χ3v) is 7.36. The number of carbonyl (C=O) groups is 1. The lowest BCUT2D eigenvalue weighted by molar-refractivity contribution is -0.118. The highest BCUT2D eigenvalue weighted by molar-refractivity contribution is 5.92. The summed E-state index contributed by atoms with van der Waals surface area (Å²) >= 11 is 0. The molecule has 6 nitrogen and oxygen atoms in total. The van der Waals surface area contributed by atoms with Crippen LogP contribution in [0.5, 0.6) is 5.75 Å². The molecule has 2 heterocycles. The lowest BCUT2D eigenvalue weighted by atomic mass is 9.85. The predicted molar refractivity (Wildman–Crippen MR) is 152 cm³/mol. The lowest BCUT2D eigenvalue weighted by Gasteiger charge is -2.20. The Kier molecular flexibility index (Phi) is 7.20. The van der Waals surface area contributed by atoms with E-state index in [1.165, 1.54) is 18.5 Å². The van der Waals surface area contributed by atoms with Gasteiger partial charge in [0, 0.05) is 42.1 Å². The van der Waals surface area contributed by atoms with E-state index in [1.54, 1.807) is 18.3 Å². The Balaban J connectivity index is 1.34. The molecule has 0 amide bonds. The zero-order chi connectivity index (χ0) is 28.3. The summed E-state index contributed by atoms with van der Waals surface area (Å²) in [4.78, 5) is 22.5. The predicted octanol–water partition coefficient (Wildman–Crippen LogP) is 6.83. The largest absolute Gasteiger partial charge is 0.508 e. The Morgan fingerprint density at radius 2 is 1.76 bits per heavy atom. The van der Waals surface area contributed by atoms with Gasteiger partial charge in [-0.15, -0.1) is 0 Å². The van der Waals surface area contributed by atoms with Crippen LogP contribution in [-0.4, -0.2) is 31.1 Å². The molecule has 2 aromatic heterocycles. The fourth-order valence-electron chi connectivity index (χ4n) is 5.56. The second-order valence-electron chi connectivity index (χ2n) is 10.2. The summed E-state index contributed by atoms with van der Waals surface area (Å²) in [5, 5.41) is 16.8. The van der Waals surface area contributed by atoms with Crippen LogP contribution in [0.25, 0.3) is 28.1 Å². The van der Waals surface area contributed by atoms with Crippen LogP contribution in [0, 0.1) is 11.6 Å². The zero-order valence-corrected chi connectivity index (χ0v) is 22.0. The number of aromatic hydroxyl groups is 1. The monoisotopic (exact) mass is 548 g/mol. The molecule has 2 N–H and O–H groups in total. The number of pyridine rings is 1. The molecule has 0 spiro atoms. The molecule has 0 fully saturated rings. The quantitative estimate of drug-likeness (QED) is 0.211. The molecule has 5 aromatic rings. The van der Waals surface area contributed by atoms with E-state index in [2.05, 4.69) is 15.2 Å². The van der Waals surface area contributed by atoms with E-state index < -0.39 is 17.6 Å². The van der Waals surface area contributed by atoms with Gasteiger partial charge in [-0.25, -0.2) is 13.8 Å². The molecule has 41 heavy (non-hydrogen) atoms. The van der Waals surface area contributed by atoms with Crippen LogP contribution in [-0.2, 0) is 17.6 Å². The Morgan fingerprint density at radius 1 is 0.927 bits per heavy atom. The van der Waals surface area contributed by atoms with E-state index in [0.717, 1.165) is 39.5 Å². The van der Waals surface area contributed by atoms with Crippen molar-refractivity contribution in [2.75, 3.05) is 0 Å². The van der Waals surface area contributed by atoms with Crippen LogP contribution in [0.2, 0.25) is 0 Å². The number of benzene rings is 3. The van der Waals surface area contributed by atoms with Crippen molar-refractivity contribution in [2.45, 2.75) is 31.6 Å². The van der Waals surface area contributed by atoms with E-state index in [4.69, 9.17) is 4.98 Å². The number of nitrogens with one attached hydrogen (secondary N) is 1. The summed E-state index contributed by atoms with van der Waals surface area (Å²) in [6.45, 7) is 0. The fourth-order valence-corrected chi connectivity index (χ4v) is 5.56. The minimum absolute atomic E-state index is 0.0265. The number of aromatic nitrogens is 4. The van der Waals surface area contributed by atoms with Gasteiger partial charge in [0.2, 0.25) is 0 Å². The molecule has 0 saturated heterocycles. The maximum Gasteiger partial charge on any atom is 0.155 e. The molecule has 204 valence electrons. The number of H-pyrrole nitrogens is 1. The van der Waals surface area contributed by atoms with Gasteiger partial charge in [-0.3, -0.25) is 14.9 Å². The summed E-state index contributed by atoms with van der Waals surface area (Å²) in [5.74, 6) is -1.03. The van der Waals surface area contributed by atoms with Gasteiger partial charge in [-0.1, -0.05) is 36.4 Å². The maximum absolute atomic E-state index is 14.1. The smallest absolute Gasteiger partial charge is 0.155 e. The molecular formula is C33H26F2N4O2. The van der Waals surface area contributed by atoms with E-state index in [9.17, 15) is 18.7 Å². The highest BCUT2D eigenvalue weighted by atomic mass is 19.1. The number of Topliss-reactive ketones (excluding diaryl/α,β-unsaturated/α-hetero) is 1. The SMILES string of the molecule is O=C(CC1=CCc2ccc(O)cc21)C[C@@H](Cc1cc(F)cc(F)c1)c1ncccc1-c1cccc(-c2ncn[nH]2)c1. The number of fused-ring (bicyclic) bond motifs is 1. The molecule has 8 heteroatoms. The molecule has 0 radical (unpaired) electrons. The van der Waals surface area contributed by atoms with Gasteiger partial charge in [0.05, 0.1) is 5.69 Å². The second kappa shape index (κ2) is 11.3. The van der Waals surface area contributed by atoms with Crippen molar-refractivity contribution in [3.63, 3.8) is 0 Å². The molecule has 0 bridgehead atoms. The van der Waals surface area contributed by atoms with Crippen molar-refractivity contribution in [2.24, 2.45) is 0 Å². The van der Waals surface area contributed by atoms with Crippen molar-refractivity contribution in [3.8, 4) is 28.3 Å². The van der Waals surface area contributed by atoms with Gasteiger partial charge >= 0.3 is 0 Å². The minimum atomic E-state index is -0.668. The third-order valence-electron chi connectivity index (χ3n) is 7.36. The number of ketones is 1. The Morgan fingerprint density at radius 3 is 2.56 bits per heavy atom. The Labute approximate surface area is 235 Å². The zero-order valence-electron chi connectivity index (χ0n) is 22.0. The van der Waals surface area contributed by atoms with Gasteiger partial charge in [0.15, 0.2) is 5.82 Å². The van der Waals surface area contributed by atoms with Crippen LogP contribution < -0.4 is 0 Å². The molecule has 0 unspecified atom stereocenters. The lowest BCUT2D eigenvalue weighted by Crippen LogP contribution is -2.13. The van der Waals surface area contributed by atoms with Crippen LogP contribution in [0.15, 0.2) is 91.4 Å². The molecule has 1 aliphatic rings. The Hall–Kier alpha value is -4.98. The molecule has 6 rings (SSSR count). The van der Waals surface area contributed by atoms with Gasteiger partial charge in [0.25, 0.3) is 0 Å².